The first-order chi connectivity index (χ1) is 42.5. The molecule has 0 saturated heterocycles. The van der Waals surface area contributed by atoms with E-state index in [0.717, 1.165) is 38.5 Å². The minimum Gasteiger partial charge on any atom is -0.394 e. The van der Waals surface area contributed by atoms with Gasteiger partial charge in [-0.2, -0.15) is 0 Å². The molecule has 0 aromatic carbocycles. The van der Waals surface area contributed by atoms with Crippen LogP contribution in [-0.4, -0.2) is 57.3 Å². The zero-order valence-electron chi connectivity index (χ0n) is 59.1. The van der Waals surface area contributed by atoms with E-state index in [1.807, 2.05) is 0 Å². The topological polar surface area (TPSA) is 110 Å². The van der Waals surface area contributed by atoms with E-state index in [9.17, 15) is 25.2 Å². The number of hydrogen-bond acceptors (Lipinski definition) is 5. The zero-order valence-corrected chi connectivity index (χ0v) is 59.1. The smallest absolute Gasteiger partial charge is 0.249 e. The summed E-state index contributed by atoms with van der Waals surface area (Å²) in [5.41, 5.74) is 0. The molecule has 0 radical (unpaired) electrons. The number of hydrogen-bond donors (Lipinski definition) is 5. The Morgan fingerprint density at radius 3 is 0.558 bits per heavy atom. The fourth-order valence-electron chi connectivity index (χ4n) is 13.6. The molecule has 86 heavy (non-hydrogen) atoms. The summed E-state index contributed by atoms with van der Waals surface area (Å²) < 4.78 is 0. The SMILES string of the molecule is CCCCCCCCCCCCCCCCCCCCCCCCCCCCCCCCCCCCCCCCC(O)C(=O)NC(CO)C(O)C(O)CCCCCCCCCCCCCCCCCCCCCCCCCCCCCCCCCC. The molecule has 6 nitrogen and oxygen atoms in total. The third-order valence-corrected chi connectivity index (χ3v) is 19.8. The average molecular weight is 1220 g/mol. The number of aliphatic hydroxyl groups excluding tert-OH is 4. The zero-order chi connectivity index (χ0) is 62.2. The average Bonchev–Trinajstić information content (AvgIpc) is 3.73. The van der Waals surface area contributed by atoms with Gasteiger partial charge in [-0.3, -0.25) is 4.79 Å². The number of unbranched alkanes of at least 4 members (excludes halogenated alkanes) is 68. The van der Waals surface area contributed by atoms with Gasteiger partial charge in [-0.05, 0) is 12.8 Å². The van der Waals surface area contributed by atoms with Crippen LogP contribution in [0.3, 0.4) is 0 Å². The highest BCUT2D eigenvalue weighted by Crippen LogP contribution is 2.21. The fraction of sp³-hybridized carbons (Fsp3) is 0.988. The van der Waals surface area contributed by atoms with E-state index >= 15 is 0 Å². The highest BCUT2D eigenvalue weighted by atomic mass is 16.3. The lowest BCUT2D eigenvalue weighted by Gasteiger charge is -2.27. The molecule has 0 aromatic heterocycles. The largest absolute Gasteiger partial charge is 0.394 e. The minimum atomic E-state index is -1.26. The second-order valence-corrected chi connectivity index (χ2v) is 28.5. The molecule has 0 fully saturated rings. The Hall–Kier alpha value is -0.690. The van der Waals surface area contributed by atoms with Crippen molar-refractivity contribution in [3.8, 4) is 0 Å². The summed E-state index contributed by atoms with van der Waals surface area (Å²) in [7, 11) is 0. The first kappa shape index (κ1) is 85.3. The van der Waals surface area contributed by atoms with Gasteiger partial charge in [0.25, 0.3) is 0 Å². The number of carbonyl (C=O) groups excluding carboxylic acids is 1. The van der Waals surface area contributed by atoms with E-state index < -0.39 is 36.9 Å². The van der Waals surface area contributed by atoms with Crippen molar-refractivity contribution in [2.45, 2.75) is 501 Å². The van der Waals surface area contributed by atoms with Gasteiger partial charge in [0.15, 0.2) is 0 Å². The number of carbonyl (C=O) groups is 1. The Kier molecular flexibility index (Phi) is 74.4. The lowest BCUT2D eigenvalue weighted by molar-refractivity contribution is -0.132. The lowest BCUT2D eigenvalue weighted by atomic mass is 9.99. The fourth-order valence-corrected chi connectivity index (χ4v) is 13.6. The summed E-state index contributed by atoms with van der Waals surface area (Å²) in [6.07, 6.45) is 94.3. The number of amides is 1. The highest BCUT2D eigenvalue weighted by molar-refractivity contribution is 5.80. The predicted octanol–water partition coefficient (Wildman–Crippen LogP) is 25.7. The van der Waals surface area contributed by atoms with Crippen molar-refractivity contribution >= 4 is 5.91 Å². The van der Waals surface area contributed by atoms with E-state index in [0.29, 0.717) is 12.8 Å². The Bertz CT molecular complexity index is 1230. The normalized spacial score (nSPS) is 13.2. The molecule has 0 aliphatic rings. The summed E-state index contributed by atoms with van der Waals surface area (Å²) in [4.78, 5) is 12.7. The minimum absolute atomic E-state index is 0.377. The Labute approximate surface area is 540 Å². The van der Waals surface area contributed by atoms with Gasteiger partial charge < -0.3 is 25.7 Å². The van der Waals surface area contributed by atoms with Crippen LogP contribution >= 0.6 is 0 Å². The lowest BCUT2D eigenvalue weighted by Crippen LogP contribution is -2.53. The monoisotopic (exact) mass is 1220 g/mol. The van der Waals surface area contributed by atoms with E-state index in [4.69, 9.17) is 0 Å². The highest BCUT2D eigenvalue weighted by Gasteiger charge is 2.29. The van der Waals surface area contributed by atoms with Crippen LogP contribution < -0.4 is 5.32 Å². The quantitative estimate of drug-likeness (QED) is 0.0390. The van der Waals surface area contributed by atoms with Gasteiger partial charge in [-0.15, -0.1) is 0 Å². The van der Waals surface area contributed by atoms with E-state index in [-0.39, 0.29) is 0 Å². The molecule has 0 aliphatic heterocycles. The molecule has 0 heterocycles. The summed E-state index contributed by atoms with van der Waals surface area (Å²) in [6.45, 7) is 4.13. The van der Waals surface area contributed by atoms with Gasteiger partial charge in [0.05, 0.1) is 18.8 Å². The van der Waals surface area contributed by atoms with Crippen molar-refractivity contribution < 1.29 is 25.2 Å². The standard InChI is InChI=1S/C80H161NO5/c1-3-5-7-9-11-13-15-17-19-21-23-25-27-29-31-33-35-37-38-39-40-41-42-44-46-48-50-52-54-56-58-60-62-64-66-68-70-72-74-78(84)80(86)81-76(75-82)79(85)77(83)73-71-69-67-65-63-61-59-57-55-53-51-49-47-45-43-36-34-32-30-28-26-24-22-20-18-16-14-12-10-8-6-4-2/h76-79,82-85H,3-75H2,1-2H3,(H,81,86). The molecule has 0 saturated carbocycles. The maximum Gasteiger partial charge on any atom is 0.249 e. The molecule has 0 spiro atoms. The van der Waals surface area contributed by atoms with Gasteiger partial charge in [0.2, 0.25) is 5.91 Å². The van der Waals surface area contributed by atoms with Crippen LogP contribution in [-0.2, 0) is 4.79 Å². The summed E-state index contributed by atoms with van der Waals surface area (Å²) >= 11 is 0. The molecule has 4 unspecified atom stereocenters. The van der Waals surface area contributed by atoms with Gasteiger partial charge in [-0.25, -0.2) is 0 Å². The van der Waals surface area contributed by atoms with Gasteiger partial charge in [0.1, 0.15) is 12.2 Å². The van der Waals surface area contributed by atoms with Gasteiger partial charge in [0, 0.05) is 0 Å². The molecule has 0 aliphatic carbocycles. The molecule has 0 aromatic rings. The van der Waals surface area contributed by atoms with Crippen molar-refractivity contribution in [1.82, 2.24) is 5.32 Å². The van der Waals surface area contributed by atoms with E-state index in [1.54, 1.807) is 0 Å². The van der Waals surface area contributed by atoms with E-state index in [2.05, 4.69) is 19.2 Å². The Balaban J connectivity index is 3.45. The van der Waals surface area contributed by atoms with Crippen molar-refractivity contribution in [1.29, 1.82) is 0 Å². The maximum atomic E-state index is 12.7. The molecule has 6 heteroatoms. The molecule has 1 amide bonds. The summed E-state index contributed by atoms with van der Waals surface area (Å²) in [5, 5.41) is 44.4. The maximum absolute atomic E-state index is 12.7. The Morgan fingerprint density at radius 2 is 0.395 bits per heavy atom. The van der Waals surface area contributed by atoms with Crippen molar-refractivity contribution in [3.05, 3.63) is 0 Å². The van der Waals surface area contributed by atoms with Gasteiger partial charge in [-0.1, -0.05) is 463 Å². The molecular formula is C80H161NO5. The van der Waals surface area contributed by atoms with Crippen LogP contribution in [0.5, 0.6) is 0 Å². The van der Waals surface area contributed by atoms with E-state index in [1.165, 1.54) is 411 Å². The van der Waals surface area contributed by atoms with Crippen LogP contribution in [0.1, 0.15) is 476 Å². The van der Waals surface area contributed by atoms with Crippen LogP contribution in [0.2, 0.25) is 0 Å². The van der Waals surface area contributed by atoms with Crippen LogP contribution in [0, 0.1) is 0 Å². The first-order valence-electron chi connectivity index (χ1n) is 40.4. The summed E-state index contributed by atoms with van der Waals surface area (Å²) in [6, 6.07) is -0.983. The predicted molar refractivity (Wildman–Crippen MR) is 381 cm³/mol. The van der Waals surface area contributed by atoms with Gasteiger partial charge >= 0.3 is 0 Å². The Morgan fingerprint density at radius 1 is 0.244 bits per heavy atom. The molecule has 516 valence electrons. The van der Waals surface area contributed by atoms with Crippen LogP contribution in [0.4, 0.5) is 0 Å². The van der Waals surface area contributed by atoms with Crippen LogP contribution in [0.15, 0.2) is 0 Å². The number of rotatable bonds is 77. The summed E-state index contributed by atoms with van der Waals surface area (Å²) in [5.74, 6) is -0.571. The molecule has 4 atom stereocenters. The number of nitrogens with one attached hydrogen (secondary N) is 1. The molecular weight excluding hydrogens is 1050 g/mol. The second-order valence-electron chi connectivity index (χ2n) is 28.5. The molecule has 0 rings (SSSR count). The number of aliphatic hydroxyl groups is 4. The second kappa shape index (κ2) is 75.0. The van der Waals surface area contributed by atoms with Crippen molar-refractivity contribution in [2.75, 3.05) is 6.61 Å². The first-order valence-corrected chi connectivity index (χ1v) is 40.4. The van der Waals surface area contributed by atoms with Crippen molar-refractivity contribution in [2.24, 2.45) is 0 Å². The molecule has 0 bridgehead atoms. The van der Waals surface area contributed by atoms with Crippen LogP contribution in [0.25, 0.3) is 0 Å². The third kappa shape index (κ3) is 67.7. The third-order valence-electron chi connectivity index (χ3n) is 19.8. The van der Waals surface area contributed by atoms with Crippen molar-refractivity contribution in [3.63, 3.8) is 0 Å². The molecule has 5 N–H and O–H groups in total.